The zero-order valence-corrected chi connectivity index (χ0v) is 11.5. The second kappa shape index (κ2) is 6.80. The van der Waals surface area contributed by atoms with Gasteiger partial charge in [0.15, 0.2) is 0 Å². The fourth-order valence-electron chi connectivity index (χ4n) is 1.63. The maximum Gasteiger partial charge on any atom is 0.319 e. The van der Waals surface area contributed by atoms with Gasteiger partial charge in [0, 0.05) is 23.2 Å². The van der Waals surface area contributed by atoms with Crippen molar-refractivity contribution in [2.75, 3.05) is 19.0 Å². The van der Waals surface area contributed by atoms with E-state index in [1.807, 2.05) is 29.6 Å². The summed E-state index contributed by atoms with van der Waals surface area (Å²) in [6.45, 7) is 0.621. The van der Waals surface area contributed by atoms with E-state index in [2.05, 4.69) is 16.7 Å². The summed E-state index contributed by atoms with van der Waals surface area (Å²) in [7, 11) is 1.60. The van der Waals surface area contributed by atoms with E-state index in [1.54, 1.807) is 24.5 Å². The SMILES string of the molecule is COc1cccc(NC(=O)NCCc2cccs2)c1. The molecular weight excluding hydrogens is 260 g/mol. The maximum absolute atomic E-state index is 11.7. The third-order valence-corrected chi connectivity index (χ3v) is 3.50. The average molecular weight is 276 g/mol. The molecule has 0 aliphatic rings. The molecule has 0 aliphatic carbocycles. The molecule has 0 unspecified atom stereocenters. The van der Waals surface area contributed by atoms with Crippen molar-refractivity contribution in [2.24, 2.45) is 0 Å². The van der Waals surface area contributed by atoms with Crippen LogP contribution in [0.4, 0.5) is 10.5 Å². The van der Waals surface area contributed by atoms with Crippen molar-refractivity contribution in [3.63, 3.8) is 0 Å². The van der Waals surface area contributed by atoms with E-state index >= 15 is 0 Å². The number of benzene rings is 1. The van der Waals surface area contributed by atoms with Crippen LogP contribution in [0.3, 0.4) is 0 Å². The van der Waals surface area contributed by atoms with Crippen LogP contribution in [0.5, 0.6) is 5.75 Å². The van der Waals surface area contributed by atoms with Crippen LogP contribution in [0.15, 0.2) is 41.8 Å². The lowest BCUT2D eigenvalue weighted by Gasteiger charge is -2.08. The molecule has 4 nitrogen and oxygen atoms in total. The molecule has 0 atom stereocenters. The number of hydrogen-bond donors (Lipinski definition) is 2. The molecule has 2 aromatic rings. The topological polar surface area (TPSA) is 50.4 Å². The summed E-state index contributed by atoms with van der Waals surface area (Å²) >= 11 is 1.70. The van der Waals surface area contributed by atoms with Crippen molar-refractivity contribution in [2.45, 2.75) is 6.42 Å². The van der Waals surface area contributed by atoms with Gasteiger partial charge in [0.2, 0.25) is 0 Å². The lowest BCUT2D eigenvalue weighted by atomic mass is 10.3. The molecule has 0 spiro atoms. The predicted octanol–water partition coefficient (Wildman–Crippen LogP) is 3.12. The number of hydrogen-bond acceptors (Lipinski definition) is 3. The molecule has 1 aromatic carbocycles. The number of thiophene rings is 1. The Morgan fingerprint density at radius 1 is 1.32 bits per heavy atom. The van der Waals surface area contributed by atoms with Crippen molar-refractivity contribution in [1.82, 2.24) is 5.32 Å². The van der Waals surface area contributed by atoms with Crippen LogP contribution in [0.2, 0.25) is 0 Å². The first-order chi connectivity index (χ1) is 9.28. The molecule has 2 N–H and O–H groups in total. The Morgan fingerprint density at radius 3 is 2.95 bits per heavy atom. The summed E-state index contributed by atoms with van der Waals surface area (Å²) in [5, 5.41) is 7.63. The van der Waals surface area contributed by atoms with Gasteiger partial charge in [-0.2, -0.15) is 0 Å². The van der Waals surface area contributed by atoms with Gasteiger partial charge in [-0.3, -0.25) is 0 Å². The van der Waals surface area contributed by atoms with Gasteiger partial charge in [-0.05, 0) is 30.0 Å². The molecule has 0 aliphatic heterocycles. The molecule has 5 heteroatoms. The highest BCUT2D eigenvalue weighted by molar-refractivity contribution is 7.09. The fourth-order valence-corrected chi connectivity index (χ4v) is 2.34. The summed E-state index contributed by atoms with van der Waals surface area (Å²) in [4.78, 5) is 12.9. The highest BCUT2D eigenvalue weighted by Crippen LogP contribution is 2.16. The number of anilines is 1. The lowest BCUT2D eigenvalue weighted by molar-refractivity contribution is 0.252. The third-order valence-electron chi connectivity index (χ3n) is 2.56. The number of carbonyl (C=O) groups is 1. The highest BCUT2D eigenvalue weighted by atomic mass is 32.1. The largest absolute Gasteiger partial charge is 0.497 e. The first-order valence-corrected chi connectivity index (χ1v) is 6.87. The van der Waals surface area contributed by atoms with Crippen molar-refractivity contribution < 1.29 is 9.53 Å². The van der Waals surface area contributed by atoms with Gasteiger partial charge < -0.3 is 15.4 Å². The number of rotatable bonds is 5. The van der Waals surface area contributed by atoms with E-state index in [1.165, 1.54) is 4.88 Å². The first kappa shape index (κ1) is 13.4. The molecule has 0 saturated heterocycles. The molecule has 2 rings (SSSR count). The summed E-state index contributed by atoms with van der Waals surface area (Å²) in [6, 6.07) is 11.1. The normalized spacial score (nSPS) is 9.95. The molecule has 19 heavy (non-hydrogen) atoms. The van der Waals surface area contributed by atoms with Crippen molar-refractivity contribution in [1.29, 1.82) is 0 Å². The van der Waals surface area contributed by atoms with Gasteiger partial charge in [0.1, 0.15) is 5.75 Å². The number of methoxy groups -OCH3 is 1. The van der Waals surface area contributed by atoms with E-state index < -0.39 is 0 Å². The number of urea groups is 1. The zero-order chi connectivity index (χ0) is 13.5. The Hall–Kier alpha value is -2.01. The summed E-state index contributed by atoms with van der Waals surface area (Å²) < 4.78 is 5.10. The second-order valence-corrected chi connectivity index (χ2v) is 4.97. The monoisotopic (exact) mass is 276 g/mol. The van der Waals surface area contributed by atoms with Crippen LogP contribution in [0, 0.1) is 0 Å². The number of ether oxygens (including phenoxy) is 1. The van der Waals surface area contributed by atoms with Gasteiger partial charge in [-0.25, -0.2) is 4.79 Å². The van der Waals surface area contributed by atoms with Gasteiger partial charge in [-0.15, -0.1) is 11.3 Å². The maximum atomic E-state index is 11.7. The summed E-state index contributed by atoms with van der Waals surface area (Å²) in [5.74, 6) is 0.719. The summed E-state index contributed by atoms with van der Waals surface area (Å²) in [5.41, 5.74) is 0.716. The zero-order valence-electron chi connectivity index (χ0n) is 10.7. The number of amides is 2. The predicted molar refractivity (Wildman–Crippen MR) is 78.0 cm³/mol. The van der Waals surface area contributed by atoms with Crippen molar-refractivity contribution in [3.05, 3.63) is 46.7 Å². The molecule has 100 valence electrons. The highest BCUT2D eigenvalue weighted by Gasteiger charge is 2.02. The Balaban J connectivity index is 1.77. The molecule has 0 radical (unpaired) electrons. The van der Waals surface area contributed by atoms with Crippen LogP contribution in [0.25, 0.3) is 0 Å². The molecule has 0 bridgehead atoms. The van der Waals surface area contributed by atoms with E-state index in [-0.39, 0.29) is 6.03 Å². The fraction of sp³-hybridized carbons (Fsp3) is 0.214. The second-order valence-electron chi connectivity index (χ2n) is 3.94. The van der Waals surface area contributed by atoms with Crippen LogP contribution in [0.1, 0.15) is 4.88 Å². The van der Waals surface area contributed by atoms with Crippen LogP contribution >= 0.6 is 11.3 Å². The quantitative estimate of drug-likeness (QED) is 0.881. The van der Waals surface area contributed by atoms with Gasteiger partial charge in [0.05, 0.1) is 7.11 Å². The van der Waals surface area contributed by atoms with Gasteiger partial charge in [-0.1, -0.05) is 12.1 Å². The molecule has 2 amide bonds. The van der Waals surface area contributed by atoms with E-state index in [0.29, 0.717) is 12.2 Å². The van der Waals surface area contributed by atoms with Crippen LogP contribution in [-0.2, 0) is 6.42 Å². The molecule has 0 fully saturated rings. The van der Waals surface area contributed by atoms with E-state index in [9.17, 15) is 4.79 Å². The van der Waals surface area contributed by atoms with Crippen molar-refractivity contribution in [3.8, 4) is 5.75 Å². The van der Waals surface area contributed by atoms with Crippen molar-refractivity contribution >= 4 is 23.1 Å². The molecule has 1 aromatic heterocycles. The number of carbonyl (C=O) groups excluding carboxylic acids is 1. The minimum atomic E-state index is -0.204. The van der Waals surface area contributed by atoms with E-state index in [0.717, 1.165) is 12.2 Å². The minimum Gasteiger partial charge on any atom is -0.497 e. The molecule has 1 heterocycles. The minimum absolute atomic E-state index is 0.204. The Kier molecular flexibility index (Phi) is 4.80. The third kappa shape index (κ3) is 4.30. The van der Waals surface area contributed by atoms with E-state index in [4.69, 9.17) is 4.74 Å². The Morgan fingerprint density at radius 2 is 2.21 bits per heavy atom. The van der Waals surface area contributed by atoms with Gasteiger partial charge in [0.25, 0.3) is 0 Å². The first-order valence-electron chi connectivity index (χ1n) is 5.99. The average Bonchev–Trinajstić information content (AvgIpc) is 2.92. The molecular formula is C14H16N2O2S. The Bertz CT molecular complexity index is 526. The van der Waals surface area contributed by atoms with Crippen LogP contribution in [-0.4, -0.2) is 19.7 Å². The Labute approximate surface area is 116 Å². The smallest absolute Gasteiger partial charge is 0.319 e. The summed E-state index contributed by atoms with van der Waals surface area (Å²) in [6.07, 6.45) is 0.850. The number of nitrogens with one attached hydrogen (secondary N) is 2. The van der Waals surface area contributed by atoms with Crippen LogP contribution < -0.4 is 15.4 Å². The lowest BCUT2D eigenvalue weighted by Crippen LogP contribution is -2.30. The standard InChI is InChI=1S/C14H16N2O2S/c1-18-12-5-2-4-11(10-12)16-14(17)15-8-7-13-6-3-9-19-13/h2-6,9-10H,7-8H2,1H3,(H2,15,16,17). The van der Waals surface area contributed by atoms with Gasteiger partial charge >= 0.3 is 6.03 Å². The molecule has 0 saturated carbocycles.